The van der Waals surface area contributed by atoms with Gasteiger partial charge in [0.1, 0.15) is 0 Å². The smallest absolute Gasteiger partial charge is 0.0762 e. The van der Waals surface area contributed by atoms with Gasteiger partial charge in [0, 0.05) is 13.6 Å². The summed E-state index contributed by atoms with van der Waals surface area (Å²) in [4.78, 5) is 1.95. The lowest BCUT2D eigenvalue weighted by atomic mass is 10.1. The molecular formula is C13H17ClN2O. The van der Waals surface area contributed by atoms with E-state index in [9.17, 15) is 5.11 Å². The van der Waals surface area contributed by atoms with Crippen LogP contribution in [0.1, 0.15) is 25.5 Å². The van der Waals surface area contributed by atoms with Crippen LogP contribution < -0.4 is 4.90 Å². The van der Waals surface area contributed by atoms with E-state index in [4.69, 9.17) is 16.9 Å². The Morgan fingerprint density at radius 2 is 2.12 bits per heavy atom. The Bertz CT molecular complexity index is 426. The second-order valence-electron chi connectivity index (χ2n) is 4.30. The van der Waals surface area contributed by atoms with Gasteiger partial charge in [0.05, 0.1) is 28.8 Å². The monoisotopic (exact) mass is 252 g/mol. The zero-order valence-corrected chi connectivity index (χ0v) is 11.1. The van der Waals surface area contributed by atoms with Crippen molar-refractivity contribution in [3.8, 4) is 6.07 Å². The molecule has 1 aromatic carbocycles. The molecule has 4 heteroatoms. The first-order chi connectivity index (χ1) is 7.95. The number of aliphatic hydroxyl groups excluding tert-OH is 1. The predicted octanol–water partition coefficient (Wildman–Crippen LogP) is 2.99. The highest BCUT2D eigenvalue weighted by Gasteiger charge is 2.11. The number of anilines is 1. The standard InChI is InChI=1S/C13H17ClN2O/c1-9(7-15)8-16(3)13-5-4-11(10(2)17)6-12(13)14/h4-6,9-10,17H,8H2,1-3H3/t9?,10-/m0/s1. The predicted molar refractivity (Wildman–Crippen MR) is 70.1 cm³/mol. The maximum atomic E-state index is 9.45. The van der Waals surface area contributed by atoms with E-state index in [-0.39, 0.29) is 5.92 Å². The summed E-state index contributed by atoms with van der Waals surface area (Å²) in [5.41, 5.74) is 1.67. The number of nitrogens with zero attached hydrogens (tertiary/aromatic N) is 2. The Labute approximate surface area is 107 Å². The van der Waals surface area contributed by atoms with Crippen LogP contribution >= 0.6 is 11.6 Å². The van der Waals surface area contributed by atoms with Gasteiger partial charge < -0.3 is 10.0 Å². The van der Waals surface area contributed by atoms with Crippen molar-refractivity contribution in [2.24, 2.45) is 5.92 Å². The molecule has 0 heterocycles. The molecule has 0 aliphatic heterocycles. The lowest BCUT2D eigenvalue weighted by Crippen LogP contribution is -2.23. The van der Waals surface area contributed by atoms with Crippen molar-refractivity contribution in [2.45, 2.75) is 20.0 Å². The second kappa shape index (κ2) is 5.90. The molecule has 0 spiro atoms. The van der Waals surface area contributed by atoms with Gasteiger partial charge in [-0.25, -0.2) is 0 Å². The molecule has 0 fully saturated rings. The van der Waals surface area contributed by atoms with Crippen LogP contribution in [0.2, 0.25) is 5.02 Å². The van der Waals surface area contributed by atoms with Gasteiger partial charge >= 0.3 is 0 Å². The first-order valence-electron chi connectivity index (χ1n) is 5.54. The maximum absolute atomic E-state index is 9.45. The number of benzene rings is 1. The van der Waals surface area contributed by atoms with Crippen LogP contribution in [0.15, 0.2) is 18.2 Å². The first kappa shape index (κ1) is 13.8. The van der Waals surface area contributed by atoms with Crippen LogP contribution in [0, 0.1) is 17.2 Å². The van der Waals surface area contributed by atoms with E-state index in [1.165, 1.54) is 0 Å². The minimum atomic E-state index is -0.523. The number of aliphatic hydroxyl groups is 1. The highest BCUT2D eigenvalue weighted by Crippen LogP contribution is 2.28. The highest BCUT2D eigenvalue weighted by molar-refractivity contribution is 6.33. The maximum Gasteiger partial charge on any atom is 0.0762 e. The summed E-state index contributed by atoms with van der Waals surface area (Å²) < 4.78 is 0. The molecule has 0 radical (unpaired) electrons. The third-order valence-electron chi connectivity index (χ3n) is 2.63. The molecule has 0 amide bonds. The molecule has 17 heavy (non-hydrogen) atoms. The fraction of sp³-hybridized carbons (Fsp3) is 0.462. The molecule has 2 atom stereocenters. The molecule has 0 saturated carbocycles. The van der Waals surface area contributed by atoms with Gasteiger partial charge in [-0.05, 0) is 31.5 Å². The van der Waals surface area contributed by atoms with E-state index >= 15 is 0 Å². The zero-order chi connectivity index (χ0) is 13.0. The molecule has 3 nitrogen and oxygen atoms in total. The lowest BCUT2D eigenvalue weighted by Gasteiger charge is -2.22. The Balaban J connectivity index is 2.89. The Kier molecular flexibility index (Phi) is 4.80. The molecular weight excluding hydrogens is 236 g/mol. The largest absolute Gasteiger partial charge is 0.389 e. The number of rotatable bonds is 4. The summed E-state index contributed by atoms with van der Waals surface area (Å²) in [5, 5.41) is 18.8. The summed E-state index contributed by atoms with van der Waals surface area (Å²) in [6.45, 7) is 4.20. The normalized spacial score (nSPS) is 13.9. The minimum absolute atomic E-state index is 0.0486. The summed E-state index contributed by atoms with van der Waals surface area (Å²) >= 11 is 6.16. The Morgan fingerprint density at radius 1 is 1.47 bits per heavy atom. The molecule has 1 aromatic rings. The van der Waals surface area contributed by atoms with Gasteiger partial charge in [-0.3, -0.25) is 0 Å². The van der Waals surface area contributed by atoms with Crippen LogP contribution in [0.4, 0.5) is 5.69 Å². The van der Waals surface area contributed by atoms with Crippen molar-refractivity contribution in [2.75, 3.05) is 18.5 Å². The molecule has 0 aromatic heterocycles. The van der Waals surface area contributed by atoms with Gasteiger partial charge in [-0.2, -0.15) is 5.26 Å². The molecule has 1 rings (SSSR count). The fourth-order valence-electron chi connectivity index (χ4n) is 1.64. The van der Waals surface area contributed by atoms with E-state index < -0.39 is 6.10 Å². The summed E-state index contributed by atoms with van der Waals surface area (Å²) in [7, 11) is 1.90. The number of hydrogen-bond acceptors (Lipinski definition) is 3. The Hall–Kier alpha value is -1.24. The van der Waals surface area contributed by atoms with Crippen molar-refractivity contribution < 1.29 is 5.11 Å². The van der Waals surface area contributed by atoms with Crippen LogP contribution in [0.3, 0.4) is 0 Å². The molecule has 92 valence electrons. The van der Waals surface area contributed by atoms with E-state index in [1.807, 2.05) is 31.0 Å². The fourth-order valence-corrected chi connectivity index (χ4v) is 1.98. The van der Waals surface area contributed by atoms with Gasteiger partial charge in [0.2, 0.25) is 0 Å². The average molecular weight is 253 g/mol. The van der Waals surface area contributed by atoms with Crippen molar-refractivity contribution >= 4 is 17.3 Å². The third kappa shape index (κ3) is 3.62. The average Bonchev–Trinajstić information content (AvgIpc) is 2.28. The van der Waals surface area contributed by atoms with Gasteiger partial charge in [-0.1, -0.05) is 17.7 Å². The first-order valence-corrected chi connectivity index (χ1v) is 5.91. The van der Waals surface area contributed by atoms with Crippen LogP contribution in [0.25, 0.3) is 0 Å². The number of nitriles is 1. The third-order valence-corrected chi connectivity index (χ3v) is 2.94. The van der Waals surface area contributed by atoms with E-state index in [1.54, 1.807) is 13.0 Å². The highest BCUT2D eigenvalue weighted by atomic mass is 35.5. The number of halogens is 1. The second-order valence-corrected chi connectivity index (χ2v) is 4.70. The molecule has 0 saturated heterocycles. The van der Waals surface area contributed by atoms with E-state index in [0.717, 1.165) is 11.3 Å². The molecule has 1 unspecified atom stereocenters. The topological polar surface area (TPSA) is 47.3 Å². The van der Waals surface area contributed by atoms with Crippen LogP contribution in [-0.2, 0) is 0 Å². The van der Waals surface area contributed by atoms with Gasteiger partial charge in [-0.15, -0.1) is 0 Å². The summed E-state index contributed by atoms with van der Waals surface area (Å²) in [6, 6.07) is 7.67. The summed E-state index contributed by atoms with van der Waals surface area (Å²) in [6.07, 6.45) is -0.523. The van der Waals surface area contributed by atoms with Crippen molar-refractivity contribution in [3.05, 3.63) is 28.8 Å². The molecule has 0 bridgehead atoms. The lowest BCUT2D eigenvalue weighted by molar-refractivity contribution is 0.199. The molecule has 1 N–H and O–H groups in total. The SMILES string of the molecule is CC(C#N)CN(C)c1ccc([C@H](C)O)cc1Cl. The quantitative estimate of drug-likeness (QED) is 0.896. The van der Waals surface area contributed by atoms with Crippen molar-refractivity contribution in [1.82, 2.24) is 0 Å². The molecule has 0 aliphatic rings. The van der Waals surface area contributed by atoms with Gasteiger partial charge in [0.25, 0.3) is 0 Å². The van der Waals surface area contributed by atoms with E-state index in [2.05, 4.69) is 6.07 Å². The Morgan fingerprint density at radius 3 is 2.59 bits per heavy atom. The van der Waals surface area contributed by atoms with Crippen molar-refractivity contribution in [3.63, 3.8) is 0 Å². The van der Waals surface area contributed by atoms with Crippen molar-refractivity contribution in [1.29, 1.82) is 5.26 Å². The van der Waals surface area contributed by atoms with Gasteiger partial charge in [0.15, 0.2) is 0 Å². The number of hydrogen-bond donors (Lipinski definition) is 1. The summed E-state index contributed by atoms with van der Waals surface area (Å²) in [5.74, 6) is -0.0486. The van der Waals surface area contributed by atoms with E-state index in [0.29, 0.717) is 11.6 Å². The van der Waals surface area contributed by atoms with Crippen LogP contribution in [-0.4, -0.2) is 18.7 Å². The molecule has 0 aliphatic carbocycles. The van der Waals surface area contributed by atoms with Crippen LogP contribution in [0.5, 0.6) is 0 Å². The minimum Gasteiger partial charge on any atom is -0.389 e. The zero-order valence-electron chi connectivity index (χ0n) is 10.3.